The maximum atomic E-state index is 13.8. The van der Waals surface area contributed by atoms with Crippen molar-refractivity contribution >= 4 is 12.0 Å². The Labute approximate surface area is 170 Å². The standard InChI is InChI=1S/C23H27F2N3O/c1-17-6-8-18(9-7-17)15-26-10-12-27(13-11-26)22(16-29)28-20-5-3-2-4-19(20)14-21(28)23(24)25/h2-9,16,21-23H,10-15H2,1H3/t21?,22-/m0/s1. The van der Waals surface area contributed by atoms with Crippen LogP contribution in [0.1, 0.15) is 16.7 Å². The van der Waals surface area contributed by atoms with Gasteiger partial charge in [0.2, 0.25) is 0 Å². The summed E-state index contributed by atoms with van der Waals surface area (Å²) in [5.74, 6) is 0. The first-order valence-electron chi connectivity index (χ1n) is 10.2. The number of carbonyl (C=O) groups excluding carboxylic acids is 1. The van der Waals surface area contributed by atoms with Gasteiger partial charge in [-0.2, -0.15) is 0 Å². The number of halogens is 2. The van der Waals surface area contributed by atoms with E-state index >= 15 is 0 Å². The van der Waals surface area contributed by atoms with Gasteiger partial charge in [-0.25, -0.2) is 8.78 Å². The van der Waals surface area contributed by atoms with Gasteiger partial charge in [-0.15, -0.1) is 0 Å². The highest BCUT2D eigenvalue weighted by Crippen LogP contribution is 2.36. The first kappa shape index (κ1) is 20.0. The van der Waals surface area contributed by atoms with E-state index < -0.39 is 18.6 Å². The van der Waals surface area contributed by atoms with Gasteiger partial charge in [-0.3, -0.25) is 14.6 Å². The minimum Gasteiger partial charge on any atom is -0.340 e. The molecule has 6 heteroatoms. The van der Waals surface area contributed by atoms with E-state index in [1.807, 2.05) is 29.2 Å². The maximum absolute atomic E-state index is 13.8. The zero-order valence-corrected chi connectivity index (χ0v) is 16.7. The van der Waals surface area contributed by atoms with Gasteiger partial charge in [0.15, 0.2) is 6.29 Å². The Morgan fingerprint density at radius 2 is 1.72 bits per heavy atom. The fourth-order valence-corrected chi connectivity index (χ4v) is 4.45. The van der Waals surface area contributed by atoms with Crippen LogP contribution in [0.5, 0.6) is 0 Å². The molecule has 4 rings (SSSR count). The third-order valence-corrected chi connectivity index (χ3v) is 6.06. The molecular weight excluding hydrogens is 372 g/mol. The van der Waals surface area contributed by atoms with Gasteiger partial charge in [-0.05, 0) is 24.1 Å². The zero-order chi connectivity index (χ0) is 20.4. The molecule has 0 aromatic heterocycles. The van der Waals surface area contributed by atoms with Crippen LogP contribution in [0.4, 0.5) is 14.5 Å². The molecule has 0 saturated carbocycles. The summed E-state index contributed by atoms with van der Waals surface area (Å²) in [6.45, 7) is 5.94. The van der Waals surface area contributed by atoms with Crippen molar-refractivity contribution in [1.29, 1.82) is 0 Å². The number of rotatable bonds is 6. The van der Waals surface area contributed by atoms with Gasteiger partial charge in [0.05, 0.1) is 6.04 Å². The molecule has 0 radical (unpaired) electrons. The lowest BCUT2D eigenvalue weighted by Gasteiger charge is -2.43. The molecule has 0 amide bonds. The zero-order valence-electron chi connectivity index (χ0n) is 16.7. The molecule has 0 bridgehead atoms. The van der Waals surface area contributed by atoms with Gasteiger partial charge < -0.3 is 4.90 Å². The topological polar surface area (TPSA) is 26.8 Å². The van der Waals surface area contributed by atoms with Crippen LogP contribution in [0.15, 0.2) is 48.5 Å². The SMILES string of the molecule is Cc1ccc(CN2CCN([C@H](C=O)N3c4ccccc4CC3C(F)F)CC2)cc1. The van der Waals surface area contributed by atoms with E-state index in [4.69, 9.17) is 0 Å². The van der Waals surface area contributed by atoms with Crippen molar-refractivity contribution in [2.45, 2.75) is 38.5 Å². The lowest BCUT2D eigenvalue weighted by molar-refractivity contribution is -0.113. The fraction of sp³-hybridized carbons (Fsp3) is 0.435. The van der Waals surface area contributed by atoms with Crippen molar-refractivity contribution in [3.05, 3.63) is 65.2 Å². The summed E-state index contributed by atoms with van der Waals surface area (Å²) in [7, 11) is 0. The highest BCUT2D eigenvalue weighted by molar-refractivity contribution is 5.70. The third-order valence-electron chi connectivity index (χ3n) is 6.06. The number of aryl methyl sites for hydroxylation is 1. The Balaban J connectivity index is 1.45. The van der Waals surface area contributed by atoms with Crippen molar-refractivity contribution in [2.75, 3.05) is 31.1 Å². The largest absolute Gasteiger partial charge is 0.340 e. The first-order valence-corrected chi connectivity index (χ1v) is 10.2. The quantitative estimate of drug-likeness (QED) is 0.697. The predicted octanol–water partition coefficient (Wildman–Crippen LogP) is 3.33. The highest BCUT2D eigenvalue weighted by Gasteiger charge is 2.41. The third kappa shape index (κ3) is 4.19. The van der Waals surface area contributed by atoms with E-state index in [9.17, 15) is 13.6 Å². The van der Waals surface area contributed by atoms with Gasteiger partial charge in [-0.1, -0.05) is 48.0 Å². The monoisotopic (exact) mass is 399 g/mol. The molecule has 2 aromatic carbocycles. The molecule has 2 heterocycles. The number of nitrogens with zero attached hydrogens (tertiary/aromatic N) is 3. The fourth-order valence-electron chi connectivity index (χ4n) is 4.45. The summed E-state index contributed by atoms with van der Waals surface area (Å²) >= 11 is 0. The van der Waals surface area contributed by atoms with E-state index in [1.54, 1.807) is 4.90 Å². The van der Waals surface area contributed by atoms with Crippen molar-refractivity contribution in [3.8, 4) is 0 Å². The molecule has 0 aliphatic carbocycles. The Morgan fingerprint density at radius 3 is 2.38 bits per heavy atom. The number of fused-ring (bicyclic) bond motifs is 1. The second kappa shape index (κ2) is 8.59. The summed E-state index contributed by atoms with van der Waals surface area (Å²) in [4.78, 5) is 18.1. The number of aldehydes is 1. The van der Waals surface area contributed by atoms with Gasteiger partial charge in [0.25, 0.3) is 6.43 Å². The van der Waals surface area contributed by atoms with E-state index in [0.29, 0.717) is 13.1 Å². The molecule has 29 heavy (non-hydrogen) atoms. The Kier molecular flexibility index (Phi) is 5.92. The molecule has 2 aliphatic heterocycles. The molecule has 154 valence electrons. The second-order valence-corrected chi connectivity index (χ2v) is 7.99. The predicted molar refractivity (Wildman–Crippen MR) is 110 cm³/mol. The van der Waals surface area contributed by atoms with Crippen LogP contribution in [-0.2, 0) is 17.8 Å². The summed E-state index contributed by atoms with van der Waals surface area (Å²) < 4.78 is 27.5. The minimum absolute atomic E-state index is 0.283. The Morgan fingerprint density at radius 1 is 1.03 bits per heavy atom. The van der Waals surface area contributed by atoms with Crippen LogP contribution in [0.25, 0.3) is 0 Å². The molecule has 1 unspecified atom stereocenters. The summed E-state index contributed by atoms with van der Waals surface area (Å²) in [5.41, 5.74) is 4.16. The number of hydrogen-bond donors (Lipinski definition) is 0. The molecule has 2 aromatic rings. The van der Waals surface area contributed by atoms with E-state index in [2.05, 4.69) is 36.1 Å². The lowest BCUT2D eigenvalue weighted by Crippen LogP contribution is -2.59. The normalized spacial score (nSPS) is 21.4. The number of piperazine rings is 1. The van der Waals surface area contributed by atoms with Crippen LogP contribution >= 0.6 is 0 Å². The molecular formula is C23H27F2N3O. The van der Waals surface area contributed by atoms with Crippen LogP contribution in [0.2, 0.25) is 0 Å². The molecule has 4 nitrogen and oxygen atoms in total. The average Bonchev–Trinajstić information content (AvgIpc) is 3.11. The number of hydrogen-bond acceptors (Lipinski definition) is 4. The summed E-state index contributed by atoms with van der Waals surface area (Å²) in [6.07, 6.45) is -2.04. The molecule has 0 spiro atoms. The number of anilines is 1. The number of carbonyl (C=O) groups is 1. The molecule has 2 aliphatic rings. The first-order chi connectivity index (χ1) is 14.1. The van der Waals surface area contributed by atoms with Crippen LogP contribution in [-0.4, -0.2) is 60.9 Å². The van der Waals surface area contributed by atoms with E-state index in [-0.39, 0.29) is 6.42 Å². The van der Waals surface area contributed by atoms with E-state index in [1.165, 1.54) is 11.1 Å². The molecule has 2 atom stereocenters. The van der Waals surface area contributed by atoms with Crippen LogP contribution < -0.4 is 4.90 Å². The van der Waals surface area contributed by atoms with Crippen molar-refractivity contribution in [1.82, 2.24) is 9.80 Å². The van der Waals surface area contributed by atoms with Crippen LogP contribution in [0.3, 0.4) is 0 Å². The highest BCUT2D eigenvalue weighted by atomic mass is 19.3. The Bertz CT molecular complexity index is 834. The van der Waals surface area contributed by atoms with Gasteiger partial charge in [0.1, 0.15) is 6.17 Å². The van der Waals surface area contributed by atoms with Crippen molar-refractivity contribution < 1.29 is 13.6 Å². The molecule has 1 saturated heterocycles. The van der Waals surface area contributed by atoms with Crippen molar-refractivity contribution in [3.63, 3.8) is 0 Å². The van der Waals surface area contributed by atoms with E-state index in [0.717, 1.165) is 37.2 Å². The molecule has 1 fully saturated rings. The lowest BCUT2D eigenvalue weighted by atomic mass is 10.1. The summed E-state index contributed by atoms with van der Waals surface area (Å²) in [5, 5.41) is 0. The number of alkyl halides is 2. The summed E-state index contributed by atoms with van der Waals surface area (Å²) in [6, 6.07) is 15.0. The number of para-hydroxylation sites is 1. The Hall–Kier alpha value is -2.31. The number of benzene rings is 2. The second-order valence-electron chi connectivity index (χ2n) is 7.99. The minimum atomic E-state index is -2.49. The smallest absolute Gasteiger partial charge is 0.258 e. The maximum Gasteiger partial charge on any atom is 0.258 e. The van der Waals surface area contributed by atoms with Gasteiger partial charge >= 0.3 is 0 Å². The van der Waals surface area contributed by atoms with Gasteiger partial charge in [0, 0.05) is 44.8 Å². The van der Waals surface area contributed by atoms with Crippen LogP contribution in [0, 0.1) is 6.92 Å². The van der Waals surface area contributed by atoms with Crippen molar-refractivity contribution in [2.24, 2.45) is 0 Å². The molecule has 0 N–H and O–H groups in total. The average molecular weight is 399 g/mol.